The van der Waals surface area contributed by atoms with E-state index in [-0.39, 0.29) is 126 Å². The standard InChI is InChI=1S/3Na.6H2O.3H/h;;;6*1H2;;;/q3*+1;;;;;;;3*-1. The van der Waals surface area contributed by atoms with E-state index in [1.807, 2.05) is 0 Å². The smallest absolute Gasteiger partial charge is 1.00 e. The Kier molecular flexibility index (Phi) is 2670. The molecule has 0 aromatic rings. The van der Waals surface area contributed by atoms with E-state index in [2.05, 4.69) is 0 Å². The van der Waals surface area contributed by atoms with Gasteiger partial charge in [0.2, 0.25) is 0 Å². The van der Waals surface area contributed by atoms with Crippen LogP contribution >= 0.6 is 0 Å². The van der Waals surface area contributed by atoms with Crippen molar-refractivity contribution in [1.82, 2.24) is 0 Å². The van der Waals surface area contributed by atoms with Crippen LogP contribution in [0.15, 0.2) is 0 Å². The van der Waals surface area contributed by atoms with Crippen LogP contribution < -0.4 is 88.7 Å². The topological polar surface area (TPSA) is 189 Å². The maximum Gasteiger partial charge on any atom is 1.00 e. The van der Waals surface area contributed by atoms with Crippen LogP contribution in [0.4, 0.5) is 0 Å². The Morgan fingerprint density at radius 3 is 0.333 bits per heavy atom. The van der Waals surface area contributed by atoms with Crippen LogP contribution in [0.25, 0.3) is 0 Å². The van der Waals surface area contributed by atoms with Crippen molar-refractivity contribution in [2.24, 2.45) is 0 Å². The van der Waals surface area contributed by atoms with Crippen molar-refractivity contribution in [3.63, 3.8) is 0 Å². The second-order valence-corrected chi connectivity index (χ2v) is 0. The monoisotopic (exact) mass is 180 g/mol. The molecule has 0 fully saturated rings. The van der Waals surface area contributed by atoms with Gasteiger partial charge in [0, 0.05) is 0 Å². The first-order chi connectivity index (χ1) is 0. The van der Waals surface area contributed by atoms with Crippen molar-refractivity contribution in [3.05, 3.63) is 0 Å². The van der Waals surface area contributed by atoms with E-state index in [9.17, 15) is 0 Å². The predicted molar refractivity (Wildman–Crippen MR) is 25.0 cm³/mol. The van der Waals surface area contributed by atoms with Crippen LogP contribution in [0.3, 0.4) is 0 Å². The summed E-state index contributed by atoms with van der Waals surface area (Å²) in [7, 11) is 0. The summed E-state index contributed by atoms with van der Waals surface area (Å²) in [5.74, 6) is 0. The molecule has 0 rings (SSSR count). The molecule has 0 radical (unpaired) electrons. The number of hydrogen-bond donors (Lipinski definition) is 0. The first-order valence-electron chi connectivity index (χ1n) is 0. The van der Waals surface area contributed by atoms with Crippen LogP contribution in [0.2, 0.25) is 0 Å². The fourth-order valence-corrected chi connectivity index (χ4v) is 0. The Bertz CT molecular complexity index is 18.0. The summed E-state index contributed by atoms with van der Waals surface area (Å²) >= 11 is 0. The minimum Gasteiger partial charge on any atom is -1.00 e. The van der Waals surface area contributed by atoms with Gasteiger partial charge in [0.25, 0.3) is 0 Å². The maximum absolute atomic E-state index is 0. The van der Waals surface area contributed by atoms with Gasteiger partial charge >= 0.3 is 88.7 Å². The Balaban J connectivity index is 0. The van der Waals surface area contributed by atoms with Crippen LogP contribution in [0, 0.1) is 0 Å². The minimum absolute atomic E-state index is 0. The molecule has 0 saturated heterocycles. The molecule has 0 unspecified atom stereocenters. The Labute approximate surface area is 124 Å². The van der Waals surface area contributed by atoms with Gasteiger partial charge in [-0.25, -0.2) is 0 Å². The van der Waals surface area contributed by atoms with Crippen molar-refractivity contribution in [2.75, 3.05) is 0 Å². The Morgan fingerprint density at radius 1 is 0.333 bits per heavy atom. The van der Waals surface area contributed by atoms with Crippen LogP contribution in [-0.4, -0.2) is 32.9 Å². The second-order valence-electron chi connectivity index (χ2n) is 0. The quantitative estimate of drug-likeness (QED) is 0.320. The van der Waals surface area contributed by atoms with E-state index in [1.54, 1.807) is 0 Å². The number of hydrogen-bond acceptors (Lipinski definition) is 0. The molecule has 0 bridgehead atoms. The van der Waals surface area contributed by atoms with E-state index < -0.39 is 0 Å². The molecule has 0 aliphatic rings. The van der Waals surface area contributed by atoms with Gasteiger partial charge in [-0.2, -0.15) is 0 Å². The molecule has 0 aliphatic heterocycles. The molecule has 0 aliphatic carbocycles. The zero-order valence-electron chi connectivity index (χ0n) is 9.00. The van der Waals surface area contributed by atoms with E-state index in [0.29, 0.717) is 0 Å². The normalized spacial score (nSPS) is 0. The van der Waals surface area contributed by atoms with E-state index in [1.165, 1.54) is 0 Å². The third-order valence-corrected chi connectivity index (χ3v) is 0. The molecule has 0 atom stereocenters. The molecule has 0 saturated carbocycles. The average molecular weight is 180 g/mol. The Morgan fingerprint density at radius 2 is 0.333 bits per heavy atom. The predicted octanol–water partition coefficient (Wildman–Crippen LogP) is -13.6. The fourth-order valence-electron chi connectivity index (χ4n) is 0. The fraction of sp³-hybridized carbons (Fsp3) is 0. The van der Waals surface area contributed by atoms with E-state index in [4.69, 9.17) is 0 Å². The second kappa shape index (κ2) is 135. The first kappa shape index (κ1) is 179. The zero-order chi connectivity index (χ0) is 0. The summed E-state index contributed by atoms with van der Waals surface area (Å²) in [6, 6.07) is 0. The van der Waals surface area contributed by atoms with Gasteiger partial charge in [0.05, 0.1) is 0 Å². The molecule has 54 valence electrons. The molecule has 0 aromatic carbocycles. The van der Waals surface area contributed by atoms with Crippen molar-refractivity contribution in [2.45, 2.75) is 0 Å². The first-order valence-corrected chi connectivity index (χ1v) is 0. The summed E-state index contributed by atoms with van der Waals surface area (Å²) in [5, 5.41) is 0. The van der Waals surface area contributed by atoms with Crippen molar-refractivity contribution >= 4 is 0 Å². The van der Waals surface area contributed by atoms with Crippen molar-refractivity contribution in [1.29, 1.82) is 0 Å². The molecule has 6 nitrogen and oxygen atoms in total. The molecule has 0 spiro atoms. The summed E-state index contributed by atoms with van der Waals surface area (Å²) in [4.78, 5) is 0. The molecule has 9 heteroatoms. The van der Waals surface area contributed by atoms with Gasteiger partial charge in [-0.05, 0) is 0 Å². The van der Waals surface area contributed by atoms with Gasteiger partial charge in [-0.1, -0.05) is 0 Å². The summed E-state index contributed by atoms with van der Waals surface area (Å²) in [6.07, 6.45) is 0. The Hall–Kier alpha value is 2.76. The molecule has 0 aromatic heterocycles. The largest absolute Gasteiger partial charge is 1.00 e. The summed E-state index contributed by atoms with van der Waals surface area (Å²) in [5.41, 5.74) is 0. The zero-order valence-corrected chi connectivity index (χ0v) is 12.0. The summed E-state index contributed by atoms with van der Waals surface area (Å²) in [6.45, 7) is 0. The summed E-state index contributed by atoms with van der Waals surface area (Å²) < 4.78 is 0. The van der Waals surface area contributed by atoms with Gasteiger partial charge in [-0.3, -0.25) is 0 Å². The molecule has 12 N–H and O–H groups in total. The third kappa shape index (κ3) is 108. The van der Waals surface area contributed by atoms with Crippen molar-refractivity contribution < 1.29 is 126 Å². The minimum atomic E-state index is 0. The SMILES string of the molecule is O.O.O.O.O.O.[H-].[H-].[H-].[Na+].[Na+].[Na+]. The molecular weight excluding hydrogens is 165 g/mol. The van der Waals surface area contributed by atoms with Crippen LogP contribution in [0.5, 0.6) is 0 Å². The van der Waals surface area contributed by atoms with Crippen LogP contribution in [-0.2, 0) is 0 Å². The third-order valence-electron chi connectivity index (χ3n) is 0. The molecule has 9 heavy (non-hydrogen) atoms. The molecule has 0 amide bonds. The molecular formula is H15Na3O6. The van der Waals surface area contributed by atoms with Gasteiger partial charge < -0.3 is 37.1 Å². The van der Waals surface area contributed by atoms with E-state index >= 15 is 0 Å². The van der Waals surface area contributed by atoms with Crippen molar-refractivity contribution in [3.8, 4) is 0 Å². The number of rotatable bonds is 0. The maximum atomic E-state index is 0. The average Bonchev–Trinajstić information content (AvgIpc) is 0. The van der Waals surface area contributed by atoms with Gasteiger partial charge in [-0.15, -0.1) is 0 Å². The molecule has 0 heterocycles. The van der Waals surface area contributed by atoms with Crippen LogP contribution in [0.1, 0.15) is 4.28 Å². The van der Waals surface area contributed by atoms with Gasteiger partial charge in [0.1, 0.15) is 0 Å². The van der Waals surface area contributed by atoms with E-state index in [0.717, 1.165) is 0 Å². The van der Waals surface area contributed by atoms with Gasteiger partial charge in [0.15, 0.2) is 0 Å².